The molecular formula is C19H20ClFN2OS. The minimum absolute atomic E-state index is 0.0705. The molecule has 0 amide bonds. The molecule has 25 heavy (non-hydrogen) atoms. The Morgan fingerprint density at radius 1 is 1.32 bits per heavy atom. The molecule has 2 heterocycles. The van der Waals surface area contributed by atoms with Gasteiger partial charge in [0.25, 0.3) is 0 Å². The van der Waals surface area contributed by atoms with Gasteiger partial charge in [0.05, 0.1) is 11.1 Å². The van der Waals surface area contributed by atoms with E-state index in [-0.39, 0.29) is 17.8 Å². The van der Waals surface area contributed by atoms with E-state index >= 15 is 0 Å². The van der Waals surface area contributed by atoms with E-state index in [0.717, 1.165) is 44.8 Å². The Hall–Kier alpha value is -1.43. The number of ether oxygens (including phenoxy) is 1. The standard InChI is InChI=1S/C19H20ClFN2OS/c1-23(2)7-8-24-16-6-4-14(20)19-17(16)18-13(10-25-19)12-9-11(21)3-5-15(12)22-18/h3-6,9,13,18,22H,7-8,10H2,1-2H3. The first-order valence-corrected chi connectivity index (χ1v) is 9.69. The molecule has 2 aliphatic heterocycles. The molecule has 1 N–H and O–H groups in total. The van der Waals surface area contributed by atoms with Gasteiger partial charge in [-0.3, -0.25) is 0 Å². The minimum atomic E-state index is -0.189. The lowest BCUT2D eigenvalue weighted by Crippen LogP contribution is -2.22. The van der Waals surface area contributed by atoms with Crippen LogP contribution >= 0.6 is 23.4 Å². The Labute approximate surface area is 156 Å². The van der Waals surface area contributed by atoms with Crippen LogP contribution in [0.2, 0.25) is 5.02 Å². The zero-order valence-electron chi connectivity index (χ0n) is 14.2. The van der Waals surface area contributed by atoms with Crippen LogP contribution in [-0.4, -0.2) is 37.9 Å². The van der Waals surface area contributed by atoms with Gasteiger partial charge in [-0.25, -0.2) is 4.39 Å². The molecule has 0 saturated heterocycles. The van der Waals surface area contributed by atoms with Gasteiger partial charge in [0, 0.05) is 34.4 Å². The van der Waals surface area contributed by atoms with E-state index in [1.54, 1.807) is 17.8 Å². The lowest BCUT2D eigenvalue weighted by Gasteiger charge is -2.30. The lowest BCUT2D eigenvalue weighted by molar-refractivity contribution is 0.257. The van der Waals surface area contributed by atoms with Crippen molar-refractivity contribution < 1.29 is 9.13 Å². The van der Waals surface area contributed by atoms with Gasteiger partial charge in [-0.1, -0.05) is 11.6 Å². The quantitative estimate of drug-likeness (QED) is 0.827. The second-order valence-electron chi connectivity index (χ2n) is 6.71. The summed E-state index contributed by atoms with van der Waals surface area (Å²) in [5.41, 5.74) is 3.15. The first-order chi connectivity index (χ1) is 12.0. The molecule has 0 bridgehead atoms. The highest BCUT2D eigenvalue weighted by Crippen LogP contribution is 2.55. The summed E-state index contributed by atoms with van der Waals surface area (Å²) >= 11 is 8.18. The van der Waals surface area contributed by atoms with Crippen LogP contribution in [0.5, 0.6) is 5.75 Å². The van der Waals surface area contributed by atoms with Crippen LogP contribution in [0.1, 0.15) is 23.1 Å². The number of hydrogen-bond donors (Lipinski definition) is 1. The van der Waals surface area contributed by atoms with Crippen molar-refractivity contribution in [2.24, 2.45) is 0 Å². The predicted molar refractivity (Wildman–Crippen MR) is 102 cm³/mol. The fourth-order valence-electron chi connectivity index (χ4n) is 3.51. The third-order valence-corrected chi connectivity index (χ3v) is 6.43. The summed E-state index contributed by atoms with van der Waals surface area (Å²) in [4.78, 5) is 3.16. The summed E-state index contributed by atoms with van der Waals surface area (Å²) in [5, 5.41) is 4.31. The number of nitrogens with one attached hydrogen (secondary N) is 1. The van der Waals surface area contributed by atoms with Crippen LogP contribution in [0.15, 0.2) is 35.2 Å². The van der Waals surface area contributed by atoms with Gasteiger partial charge in [-0.05, 0) is 50.0 Å². The topological polar surface area (TPSA) is 24.5 Å². The van der Waals surface area contributed by atoms with Crippen molar-refractivity contribution in [3.63, 3.8) is 0 Å². The molecule has 0 spiro atoms. The maximum Gasteiger partial charge on any atom is 0.125 e. The SMILES string of the molecule is CN(C)CCOc1ccc(Cl)c2c1C1Nc3ccc(F)cc3C1CS2. The Kier molecular flexibility index (Phi) is 4.56. The van der Waals surface area contributed by atoms with Crippen molar-refractivity contribution >= 4 is 29.1 Å². The van der Waals surface area contributed by atoms with Crippen LogP contribution in [0.25, 0.3) is 0 Å². The molecule has 3 nitrogen and oxygen atoms in total. The molecular weight excluding hydrogens is 359 g/mol. The van der Waals surface area contributed by atoms with E-state index < -0.39 is 0 Å². The average Bonchev–Trinajstić information content (AvgIpc) is 2.94. The number of fused-ring (bicyclic) bond motifs is 5. The number of likely N-dealkylation sites (N-methyl/N-ethyl adjacent to an activating group) is 1. The number of benzene rings is 2. The first kappa shape index (κ1) is 17.0. The fourth-order valence-corrected chi connectivity index (χ4v) is 5.15. The molecule has 2 unspecified atom stereocenters. The third-order valence-electron chi connectivity index (χ3n) is 4.75. The molecule has 2 atom stereocenters. The van der Waals surface area contributed by atoms with E-state index in [1.807, 2.05) is 32.3 Å². The van der Waals surface area contributed by atoms with E-state index in [9.17, 15) is 4.39 Å². The highest BCUT2D eigenvalue weighted by atomic mass is 35.5. The fraction of sp³-hybridized carbons (Fsp3) is 0.368. The number of halogens is 2. The maximum atomic E-state index is 13.7. The van der Waals surface area contributed by atoms with Crippen molar-refractivity contribution in [2.75, 3.05) is 38.3 Å². The monoisotopic (exact) mass is 378 g/mol. The lowest BCUT2D eigenvalue weighted by atomic mass is 9.91. The molecule has 0 aromatic heterocycles. The highest BCUT2D eigenvalue weighted by Gasteiger charge is 2.40. The van der Waals surface area contributed by atoms with Gasteiger partial charge in [-0.2, -0.15) is 0 Å². The maximum absolute atomic E-state index is 13.7. The first-order valence-electron chi connectivity index (χ1n) is 8.33. The normalized spacial score (nSPS) is 20.7. The summed E-state index contributed by atoms with van der Waals surface area (Å²) < 4.78 is 19.8. The van der Waals surface area contributed by atoms with Crippen LogP contribution in [0.4, 0.5) is 10.1 Å². The second-order valence-corrected chi connectivity index (χ2v) is 8.15. The van der Waals surface area contributed by atoms with Crippen molar-refractivity contribution in [3.05, 3.63) is 52.3 Å². The van der Waals surface area contributed by atoms with Gasteiger partial charge in [-0.15, -0.1) is 11.8 Å². The van der Waals surface area contributed by atoms with E-state index in [2.05, 4.69) is 10.2 Å². The zero-order chi connectivity index (χ0) is 17.6. The van der Waals surface area contributed by atoms with Crippen LogP contribution in [0.3, 0.4) is 0 Å². The van der Waals surface area contributed by atoms with Crippen molar-refractivity contribution in [2.45, 2.75) is 16.9 Å². The third kappa shape index (κ3) is 3.09. The van der Waals surface area contributed by atoms with Crippen LogP contribution < -0.4 is 10.1 Å². The van der Waals surface area contributed by atoms with E-state index in [4.69, 9.17) is 16.3 Å². The van der Waals surface area contributed by atoms with Gasteiger partial charge in [0.15, 0.2) is 0 Å². The summed E-state index contributed by atoms with van der Waals surface area (Å²) in [6, 6.07) is 8.90. The van der Waals surface area contributed by atoms with E-state index in [0.29, 0.717) is 6.61 Å². The summed E-state index contributed by atoms with van der Waals surface area (Å²) in [5.74, 6) is 1.77. The molecule has 132 valence electrons. The summed E-state index contributed by atoms with van der Waals surface area (Å²) in [6.07, 6.45) is 0. The summed E-state index contributed by atoms with van der Waals surface area (Å²) in [7, 11) is 4.05. The minimum Gasteiger partial charge on any atom is -0.492 e. The number of rotatable bonds is 4. The summed E-state index contributed by atoms with van der Waals surface area (Å²) in [6.45, 7) is 1.46. The number of thioether (sulfide) groups is 1. The Morgan fingerprint density at radius 3 is 2.96 bits per heavy atom. The van der Waals surface area contributed by atoms with Crippen molar-refractivity contribution in [3.8, 4) is 5.75 Å². The molecule has 2 aromatic rings. The van der Waals surface area contributed by atoms with Gasteiger partial charge >= 0.3 is 0 Å². The van der Waals surface area contributed by atoms with Gasteiger partial charge in [0.2, 0.25) is 0 Å². The molecule has 2 aromatic carbocycles. The highest BCUT2D eigenvalue weighted by molar-refractivity contribution is 7.99. The Bertz CT molecular complexity index is 814. The van der Waals surface area contributed by atoms with Gasteiger partial charge < -0.3 is 15.0 Å². The molecule has 6 heteroatoms. The average molecular weight is 379 g/mol. The Morgan fingerprint density at radius 2 is 2.16 bits per heavy atom. The van der Waals surface area contributed by atoms with Crippen molar-refractivity contribution in [1.82, 2.24) is 4.90 Å². The van der Waals surface area contributed by atoms with Crippen molar-refractivity contribution in [1.29, 1.82) is 0 Å². The molecule has 4 rings (SSSR count). The Balaban J connectivity index is 1.70. The van der Waals surface area contributed by atoms with Crippen LogP contribution in [0, 0.1) is 5.82 Å². The number of nitrogens with zero attached hydrogens (tertiary/aromatic N) is 1. The number of anilines is 1. The van der Waals surface area contributed by atoms with E-state index in [1.165, 1.54) is 6.07 Å². The van der Waals surface area contributed by atoms with Gasteiger partial charge in [0.1, 0.15) is 18.2 Å². The molecule has 2 aliphatic rings. The largest absolute Gasteiger partial charge is 0.492 e. The number of hydrogen-bond acceptors (Lipinski definition) is 4. The molecule has 0 saturated carbocycles. The zero-order valence-corrected chi connectivity index (χ0v) is 15.8. The predicted octanol–water partition coefficient (Wildman–Crippen LogP) is 4.78. The van der Waals surface area contributed by atoms with Crippen LogP contribution in [-0.2, 0) is 0 Å². The molecule has 0 fully saturated rings. The smallest absolute Gasteiger partial charge is 0.125 e. The molecule has 0 radical (unpaired) electrons. The molecule has 0 aliphatic carbocycles. The second kappa shape index (κ2) is 6.71.